The van der Waals surface area contributed by atoms with Crippen LogP contribution in [-0.4, -0.2) is 63.9 Å². The van der Waals surface area contributed by atoms with Gasteiger partial charge in [-0.05, 0) is 13.3 Å². The van der Waals surface area contributed by atoms with E-state index in [9.17, 15) is 8.42 Å². The maximum Gasteiger partial charge on any atom is 0.240 e. The topological polar surface area (TPSA) is 147 Å². The first-order chi connectivity index (χ1) is 15.4. The highest BCUT2D eigenvalue weighted by Gasteiger charge is 2.35. The SMILES string of the molecule is CO[C@H](c1ncc(Cl)cn1)[C@H](C)S(=O)(=O)Nc1nnc([C@H]2CCOC2)n1Cc1ccon1. The summed E-state index contributed by atoms with van der Waals surface area (Å²) in [5.41, 5.74) is 0.600. The number of methoxy groups -OCH3 is 1. The van der Waals surface area contributed by atoms with Crippen molar-refractivity contribution in [2.75, 3.05) is 25.0 Å². The number of nitrogens with one attached hydrogen (secondary N) is 1. The lowest BCUT2D eigenvalue weighted by molar-refractivity contribution is 0.0950. The Morgan fingerprint density at radius 1 is 1.34 bits per heavy atom. The van der Waals surface area contributed by atoms with Crippen molar-refractivity contribution in [3.63, 3.8) is 0 Å². The van der Waals surface area contributed by atoms with Crippen molar-refractivity contribution >= 4 is 27.6 Å². The number of ether oxygens (including phenoxy) is 2. The fourth-order valence-electron chi connectivity index (χ4n) is 3.43. The van der Waals surface area contributed by atoms with E-state index in [1.807, 2.05) is 0 Å². The van der Waals surface area contributed by atoms with Gasteiger partial charge in [-0.2, -0.15) is 0 Å². The first-order valence-electron chi connectivity index (χ1n) is 9.81. The standard InChI is InChI=1S/C18H22ClN7O5S/c1-11(15(29-2)16-20-7-13(19)8-21-16)32(27,28)25-18-23-22-17(12-3-5-30-10-12)26(18)9-14-4-6-31-24-14/h4,6-8,11-12,15H,3,5,9-10H2,1-2H3,(H,23,25)/t11-,12-,15-/m0/s1. The summed E-state index contributed by atoms with van der Waals surface area (Å²) in [6, 6.07) is 1.69. The van der Waals surface area contributed by atoms with Crippen LogP contribution < -0.4 is 4.72 Å². The molecule has 0 saturated carbocycles. The van der Waals surface area contributed by atoms with Crippen molar-refractivity contribution in [2.24, 2.45) is 0 Å². The van der Waals surface area contributed by atoms with Crippen molar-refractivity contribution < 1.29 is 22.4 Å². The Labute approximate surface area is 189 Å². The molecule has 3 aromatic heterocycles. The average molecular weight is 484 g/mol. The molecule has 1 aliphatic rings. The number of hydrogen-bond acceptors (Lipinski definition) is 10. The van der Waals surface area contributed by atoms with Crippen molar-refractivity contribution in [2.45, 2.75) is 37.2 Å². The third-order valence-corrected chi connectivity index (χ3v) is 7.07. The molecular weight excluding hydrogens is 462 g/mol. The Morgan fingerprint density at radius 3 is 2.75 bits per heavy atom. The normalized spacial score (nSPS) is 18.5. The van der Waals surface area contributed by atoms with Gasteiger partial charge in [0.1, 0.15) is 29.1 Å². The second-order valence-corrected chi connectivity index (χ2v) is 9.76. The Morgan fingerprint density at radius 2 is 2.12 bits per heavy atom. The van der Waals surface area contributed by atoms with E-state index in [4.69, 9.17) is 25.6 Å². The second-order valence-electron chi connectivity index (χ2n) is 7.29. The van der Waals surface area contributed by atoms with E-state index in [2.05, 4.69) is 30.0 Å². The first-order valence-corrected chi connectivity index (χ1v) is 11.7. The van der Waals surface area contributed by atoms with E-state index in [0.29, 0.717) is 29.8 Å². The van der Waals surface area contributed by atoms with Crippen LogP contribution in [0.4, 0.5) is 5.95 Å². The van der Waals surface area contributed by atoms with Gasteiger partial charge in [-0.1, -0.05) is 16.8 Å². The smallest absolute Gasteiger partial charge is 0.240 e. The predicted molar refractivity (Wildman–Crippen MR) is 113 cm³/mol. The largest absolute Gasteiger partial charge is 0.381 e. The van der Waals surface area contributed by atoms with Gasteiger partial charge in [0.2, 0.25) is 16.0 Å². The number of anilines is 1. The van der Waals surface area contributed by atoms with Gasteiger partial charge in [-0.25, -0.2) is 18.4 Å². The molecule has 1 saturated heterocycles. The monoisotopic (exact) mass is 483 g/mol. The molecule has 4 rings (SSSR count). The molecule has 172 valence electrons. The Balaban J connectivity index is 1.62. The van der Waals surface area contributed by atoms with E-state index in [-0.39, 0.29) is 24.2 Å². The lowest BCUT2D eigenvalue weighted by Gasteiger charge is -2.22. The van der Waals surface area contributed by atoms with Crippen molar-refractivity contribution in [1.82, 2.24) is 29.9 Å². The zero-order valence-electron chi connectivity index (χ0n) is 17.4. The van der Waals surface area contributed by atoms with Crippen LogP contribution in [0.25, 0.3) is 0 Å². The number of nitrogens with zero attached hydrogens (tertiary/aromatic N) is 6. The highest BCUT2D eigenvalue weighted by molar-refractivity contribution is 7.93. The summed E-state index contributed by atoms with van der Waals surface area (Å²) >= 11 is 5.83. The van der Waals surface area contributed by atoms with Gasteiger partial charge in [0.25, 0.3) is 0 Å². The molecule has 12 nitrogen and oxygen atoms in total. The molecular formula is C18H22ClN7O5S. The van der Waals surface area contributed by atoms with Gasteiger partial charge in [-0.15, -0.1) is 10.2 Å². The van der Waals surface area contributed by atoms with Crippen LogP contribution in [-0.2, 0) is 26.0 Å². The van der Waals surface area contributed by atoms with E-state index in [1.54, 1.807) is 10.6 Å². The molecule has 1 fully saturated rings. The molecule has 0 bridgehead atoms. The van der Waals surface area contributed by atoms with Crippen molar-refractivity contribution in [1.29, 1.82) is 0 Å². The zero-order valence-corrected chi connectivity index (χ0v) is 19.0. The zero-order chi connectivity index (χ0) is 22.7. The summed E-state index contributed by atoms with van der Waals surface area (Å²) in [5.74, 6) is 0.871. The molecule has 32 heavy (non-hydrogen) atoms. The summed E-state index contributed by atoms with van der Waals surface area (Å²) in [6.07, 6.45) is 4.04. The van der Waals surface area contributed by atoms with Gasteiger partial charge < -0.3 is 14.0 Å². The molecule has 0 amide bonds. The molecule has 1 N–H and O–H groups in total. The molecule has 3 atom stereocenters. The van der Waals surface area contributed by atoms with Crippen molar-refractivity contribution in [3.8, 4) is 0 Å². The van der Waals surface area contributed by atoms with Crippen LogP contribution in [0.15, 0.2) is 29.2 Å². The third-order valence-electron chi connectivity index (χ3n) is 5.18. The highest BCUT2D eigenvalue weighted by atomic mass is 35.5. The number of halogens is 1. The summed E-state index contributed by atoms with van der Waals surface area (Å²) in [6.45, 7) is 2.82. The maximum absolute atomic E-state index is 13.2. The minimum absolute atomic E-state index is 0.000676. The van der Waals surface area contributed by atoms with Crippen LogP contribution in [0.5, 0.6) is 0 Å². The predicted octanol–water partition coefficient (Wildman–Crippen LogP) is 1.78. The molecule has 0 unspecified atom stereocenters. The van der Waals surface area contributed by atoms with E-state index in [0.717, 1.165) is 6.42 Å². The fraction of sp³-hybridized carbons (Fsp3) is 0.500. The number of aromatic nitrogens is 6. The number of hydrogen-bond donors (Lipinski definition) is 1. The van der Waals surface area contributed by atoms with Crippen LogP contribution >= 0.6 is 11.6 Å². The Hall–Kier alpha value is -2.61. The molecule has 4 heterocycles. The van der Waals surface area contributed by atoms with Crippen LogP contribution in [0, 0.1) is 0 Å². The number of rotatable bonds is 9. The van der Waals surface area contributed by atoms with Crippen LogP contribution in [0.2, 0.25) is 5.02 Å². The second kappa shape index (κ2) is 9.48. The van der Waals surface area contributed by atoms with Gasteiger partial charge in [-0.3, -0.25) is 9.29 Å². The Bertz CT molecular complexity index is 1130. The van der Waals surface area contributed by atoms with Crippen LogP contribution in [0.1, 0.15) is 42.7 Å². The molecule has 0 spiro atoms. The molecule has 0 radical (unpaired) electrons. The van der Waals surface area contributed by atoms with Gasteiger partial charge >= 0.3 is 0 Å². The lowest BCUT2D eigenvalue weighted by atomic mass is 10.1. The van der Waals surface area contributed by atoms with Gasteiger partial charge in [0.05, 0.1) is 18.2 Å². The van der Waals surface area contributed by atoms with E-state index >= 15 is 0 Å². The first kappa shape index (κ1) is 22.6. The number of sulfonamides is 1. The van der Waals surface area contributed by atoms with Gasteiger partial charge in [0.15, 0.2) is 5.82 Å². The molecule has 1 aliphatic heterocycles. The molecule has 3 aromatic rings. The van der Waals surface area contributed by atoms with E-state index < -0.39 is 21.4 Å². The summed E-state index contributed by atoms with van der Waals surface area (Å²) in [5, 5.41) is 11.5. The minimum Gasteiger partial charge on any atom is -0.381 e. The summed E-state index contributed by atoms with van der Waals surface area (Å²) in [4.78, 5) is 8.18. The summed E-state index contributed by atoms with van der Waals surface area (Å²) < 4.78 is 46.4. The van der Waals surface area contributed by atoms with E-state index in [1.165, 1.54) is 32.7 Å². The lowest BCUT2D eigenvalue weighted by Crippen LogP contribution is -2.33. The molecule has 14 heteroatoms. The van der Waals surface area contributed by atoms with Crippen LogP contribution in [0.3, 0.4) is 0 Å². The molecule has 0 aromatic carbocycles. The van der Waals surface area contributed by atoms with Gasteiger partial charge in [0, 0.05) is 38.1 Å². The third kappa shape index (κ3) is 4.75. The fourth-order valence-corrected chi connectivity index (χ4v) is 4.67. The van der Waals surface area contributed by atoms with Crippen molar-refractivity contribution in [3.05, 3.63) is 47.1 Å². The minimum atomic E-state index is -3.98. The highest BCUT2D eigenvalue weighted by Crippen LogP contribution is 2.28. The average Bonchev–Trinajstić information content (AvgIpc) is 3.53. The quantitative estimate of drug-likeness (QED) is 0.477. The molecule has 0 aliphatic carbocycles. The summed E-state index contributed by atoms with van der Waals surface area (Å²) in [7, 11) is -2.59. The Kier molecular flexibility index (Phi) is 6.69. The maximum atomic E-state index is 13.2.